The van der Waals surface area contributed by atoms with Gasteiger partial charge in [0.15, 0.2) is 0 Å². The Morgan fingerprint density at radius 1 is 1.21 bits per heavy atom. The fraction of sp³-hybridized carbons (Fsp3) is 0.792. The molecule has 2 saturated heterocycles. The molecule has 3 aliphatic rings. The highest BCUT2D eigenvalue weighted by atomic mass is 19.4. The Kier molecular flexibility index (Phi) is 8.23. The van der Waals surface area contributed by atoms with Crippen LogP contribution < -0.4 is 16.0 Å². The van der Waals surface area contributed by atoms with E-state index in [1.807, 2.05) is 33.8 Å². The minimum atomic E-state index is -5.41. The van der Waals surface area contributed by atoms with E-state index in [2.05, 4.69) is 15.4 Å². The summed E-state index contributed by atoms with van der Waals surface area (Å²) in [5, 5.41) is 16.4. The first kappa shape index (κ1) is 30.5. The van der Waals surface area contributed by atoms with Crippen LogP contribution in [-0.2, 0) is 23.9 Å². The van der Waals surface area contributed by atoms with Gasteiger partial charge < -0.3 is 25.6 Å². The summed E-state index contributed by atoms with van der Waals surface area (Å²) in [6.45, 7) is 4.68. The van der Waals surface area contributed by atoms with Crippen LogP contribution in [-0.4, -0.2) is 77.6 Å². The second-order valence-corrected chi connectivity index (χ2v) is 11.6. The Morgan fingerprint density at radius 3 is 2.31 bits per heavy atom. The number of rotatable bonds is 9. The third kappa shape index (κ3) is 6.42. The molecule has 1 saturated carbocycles. The van der Waals surface area contributed by atoms with Crippen molar-refractivity contribution in [3.05, 3.63) is 0 Å². The number of fused-ring (bicyclic) bond motifs is 1. The van der Waals surface area contributed by atoms with Crippen LogP contribution in [0, 0.1) is 34.5 Å². The predicted octanol–water partition coefficient (Wildman–Crippen LogP) is 1.46. The van der Waals surface area contributed by atoms with Gasteiger partial charge in [-0.15, -0.1) is 0 Å². The van der Waals surface area contributed by atoms with E-state index < -0.39 is 77.5 Å². The van der Waals surface area contributed by atoms with E-state index in [0.29, 0.717) is 6.42 Å². The van der Waals surface area contributed by atoms with Crippen LogP contribution in [0.2, 0.25) is 0 Å². The van der Waals surface area contributed by atoms with Crippen molar-refractivity contribution in [3.63, 3.8) is 0 Å². The number of carbonyl (C=O) groups is 4. The van der Waals surface area contributed by atoms with Crippen LogP contribution in [0.1, 0.15) is 47.5 Å². The Hall–Kier alpha value is -3.02. The van der Waals surface area contributed by atoms with Crippen molar-refractivity contribution in [2.45, 2.75) is 90.0 Å². The van der Waals surface area contributed by atoms with Gasteiger partial charge in [0.2, 0.25) is 17.7 Å². The summed E-state index contributed by atoms with van der Waals surface area (Å²) in [7, 11) is 0. The number of alkyl halides is 5. The number of hydrogen-bond acceptors (Lipinski definition) is 6. The van der Waals surface area contributed by atoms with Gasteiger partial charge in [-0.25, -0.2) is 0 Å². The topological polar surface area (TPSA) is 141 Å². The van der Waals surface area contributed by atoms with Crippen molar-refractivity contribution in [2.24, 2.45) is 23.2 Å². The van der Waals surface area contributed by atoms with Gasteiger partial charge in [-0.1, -0.05) is 13.8 Å². The normalized spacial score (nSPS) is 29.1. The monoisotopic (exact) mass is 565 g/mol. The lowest BCUT2D eigenvalue weighted by Gasteiger charge is -2.35. The highest BCUT2D eigenvalue weighted by Crippen LogP contribution is 2.65. The first-order valence-electron chi connectivity index (χ1n) is 12.4. The first-order chi connectivity index (χ1) is 17.8. The number of likely N-dealkylation sites (tertiary alicyclic amines) is 1. The molecule has 15 heteroatoms. The van der Waals surface area contributed by atoms with Crippen molar-refractivity contribution in [1.29, 1.82) is 5.26 Å². The first-order valence-corrected chi connectivity index (χ1v) is 12.4. The zero-order valence-corrected chi connectivity index (χ0v) is 22.1. The number of ether oxygens (including phenoxy) is 1. The fourth-order valence-corrected chi connectivity index (χ4v) is 5.91. The van der Waals surface area contributed by atoms with Crippen LogP contribution >= 0.6 is 0 Å². The fourth-order valence-electron chi connectivity index (χ4n) is 5.91. The summed E-state index contributed by atoms with van der Waals surface area (Å²) in [4.78, 5) is 51.6. The summed E-state index contributed by atoms with van der Waals surface area (Å²) >= 11 is 0. The van der Waals surface area contributed by atoms with Crippen molar-refractivity contribution in [2.75, 3.05) is 6.54 Å². The molecule has 2 heterocycles. The Morgan fingerprint density at radius 2 is 1.82 bits per heavy atom. The number of nitrogens with zero attached hydrogens (tertiary/aromatic N) is 2. The smallest absolute Gasteiger partial charge is 0.351 e. The number of halogens is 5. The molecule has 3 unspecified atom stereocenters. The second kappa shape index (κ2) is 10.5. The van der Waals surface area contributed by atoms with Crippen molar-refractivity contribution < 1.29 is 45.9 Å². The SMILES string of the molecule is C[C@@H](OC(F)F)[C@H](NC(=O)C(F)(F)F)C(=O)N1CC2C(C1C(=O)N[C@H](C#N)C[C@@H]1CC(C)(C)NC1=O)C2(C)C. The molecule has 39 heavy (non-hydrogen) atoms. The zero-order valence-electron chi connectivity index (χ0n) is 22.1. The molecule has 0 bridgehead atoms. The number of piperidine rings is 1. The molecule has 10 nitrogen and oxygen atoms in total. The van der Waals surface area contributed by atoms with Gasteiger partial charge in [0.1, 0.15) is 18.1 Å². The molecule has 1 aliphatic carbocycles. The van der Waals surface area contributed by atoms with E-state index in [4.69, 9.17) is 0 Å². The molecule has 0 aromatic rings. The summed E-state index contributed by atoms with van der Waals surface area (Å²) in [6.07, 6.45) is -6.85. The standard InChI is InChI=1S/C24H32F5N5O5/c1-10(39-21(25)26)15(32-20(38)24(27,28)29)19(37)34-9-13-14(23(13,4)5)16(34)18(36)31-12(8-30)6-11-7-22(2,3)33-17(11)35/h10-16,21H,6-7,9H2,1-5H3,(H,31,36)(H,32,38)(H,33,35)/t10-,11-,12+,13?,14?,15+,16?/m1/s1. The van der Waals surface area contributed by atoms with Crippen LogP contribution in [0.3, 0.4) is 0 Å². The maximum absolute atomic E-state index is 13.4. The Labute approximate surface area is 222 Å². The van der Waals surface area contributed by atoms with E-state index >= 15 is 0 Å². The van der Waals surface area contributed by atoms with Gasteiger partial charge in [-0.05, 0) is 50.9 Å². The van der Waals surface area contributed by atoms with Gasteiger partial charge >= 0.3 is 18.7 Å². The highest BCUT2D eigenvalue weighted by Gasteiger charge is 2.69. The molecule has 218 valence electrons. The van der Waals surface area contributed by atoms with Crippen molar-refractivity contribution >= 4 is 23.6 Å². The lowest BCUT2D eigenvalue weighted by atomic mass is 9.91. The molecule has 0 spiro atoms. The average Bonchev–Trinajstić information content (AvgIpc) is 3.09. The van der Waals surface area contributed by atoms with Gasteiger partial charge in [0, 0.05) is 18.0 Å². The maximum Gasteiger partial charge on any atom is 0.471 e. The van der Waals surface area contributed by atoms with E-state index in [0.717, 1.165) is 11.8 Å². The van der Waals surface area contributed by atoms with Crippen LogP contribution in [0.4, 0.5) is 22.0 Å². The third-order valence-corrected chi connectivity index (χ3v) is 7.94. The maximum atomic E-state index is 13.4. The number of hydrogen-bond donors (Lipinski definition) is 3. The Bertz CT molecular complexity index is 1060. The lowest BCUT2D eigenvalue weighted by Crippen LogP contribution is -2.61. The largest absolute Gasteiger partial charge is 0.471 e. The molecular weight excluding hydrogens is 533 g/mol. The van der Waals surface area contributed by atoms with E-state index in [1.165, 1.54) is 5.32 Å². The van der Waals surface area contributed by atoms with Crippen LogP contribution in [0.15, 0.2) is 0 Å². The zero-order chi connectivity index (χ0) is 29.7. The molecule has 3 rings (SSSR count). The number of carbonyl (C=O) groups excluding carboxylic acids is 4. The van der Waals surface area contributed by atoms with Gasteiger partial charge in [0.25, 0.3) is 0 Å². The van der Waals surface area contributed by atoms with Crippen molar-refractivity contribution in [1.82, 2.24) is 20.9 Å². The molecule has 3 N–H and O–H groups in total. The third-order valence-electron chi connectivity index (χ3n) is 7.94. The number of nitrogens with one attached hydrogen (secondary N) is 3. The summed E-state index contributed by atoms with van der Waals surface area (Å²) in [5.41, 5.74) is -0.912. The van der Waals surface area contributed by atoms with E-state index in [9.17, 15) is 46.4 Å². The molecule has 3 fully saturated rings. The molecule has 7 atom stereocenters. The average molecular weight is 566 g/mol. The molecular formula is C24H32F5N5O5. The minimum Gasteiger partial charge on any atom is -0.351 e. The van der Waals surface area contributed by atoms with E-state index in [-0.39, 0.29) is 24.8 Å². The Balaban J connectivity index is 1.82. The van der Waals surface area contributed by atoms with Gasteiger partial charge in [-0.3, -0.25) is 19.2 Å². The second-order valence-electron chi connectivity index (χ2n) is 11.6. The minimum absolute atomic E-state index is 0.000808. The van der Waals surface area contributed by atoms with Crippen molar-refractivity contribution in [3.8, 4) is 6.07 Å². The quantitative estimate of drug-likeness (QED) is 0.362. The lowest BCUT2D eigenvalue weighted by molar-refractivity contribution is -0.185. The van der Waals surface area contributed by atoms with Gasteiger partial charge in [-0.2, -0.15) is 27.2 Å². The molecule has 0 aromatic heterocycles. The van der Waals surface area contributed by atoms with Crippen LogP contribution in [0.25, 0.3) is 0 Å². The van der Waals surface area contributed by atoms with E-state index in [1.54, 1.807) is 0 Å². The molecule has 0 aromatic carbocycles. The number of nitriles is 1. The molecule has 2 aliphatic heterocycles. The molecule has 4 amide bonds. The van der Waals surface area contributed by atoms with Crippen LogP contribution in [0.5, 0.6) is 0 Å². The summed E-state index contributed by atoms with van der Waals surface area (Å²) in [5.74, 6) is -5.98. The van der Waals surface area contributed by atoms with Gasteiger partial charge in [0.05, 0.1) is 12.2 Å². The molecule has 0 radical (unpaired) electrons. The summed E-state index contributed by atoms with van der Waals surface area (Å²) in [6, 6.07) is -2.59. The predicted molar refractivity (Wildman–Crippen MR) is 123 cm³/mol. The highest BCUT2D eigenvalue weighted by molar-refractivity contribution is 5.95. The summed E-state index contributed by atoms with van der Waals surface area (Å²) < 4.78 is 68.7. The number of amides is 4.